The first kappa shape index (κ1) is 17.8. The Bertz CT molecular complexity index is 822. The molecule has 0 unspecified atom stereocenters. The Labute approximate surface area is 146 Å². The van der Waals surface area contributed by atoms with Gasteiger partial charge in [-0.2, -0.15) is 0 Å². The van der Waals surface area contributed by atoms with Crippen molar-refractivity contribution < 1.29 is 29.6 Å². The van der Waals surface area contributed by atoms with E-state index in [2.05, 4.69) is 29.3 Å². The first-order valence-corrected chi connectivity index (χ1v) is 6.91. The van der Waals surface area contributed by atoms with Gasteiger partial charge in [-0.3, -0.25) is 9.05 Å². The first-order valence-electron chi connectivity index (χ1n) is 6.91. The van der Waals surface area contributed by atoms with Crippen LogP contribution in [-0.4, -0.2) is 20.1 Å². The van der Waals surface area contributed by atoms with Crippen molar-refractivity contribution in [3.8, 4) is 34.3 Å². The molecule has 2 aromatic carbocycles. The Hall–Kier alpha value is -3.51. The van der Waals surface area contributed by atoms with Crippen molar-refractivity contribution in [3.05, 3.63) is 61.3 Å². The number of benzene rings is 2. The molecule has 4 rings (SSSR count). The summed E-state index contributed by atoms with van der Waals surface area (Å²) < 4.78 is 9.30. The van der Waals surface area contributed by atoms with Gasteiger partial charge in [0.2, 0.25) is 0 Å². The minimum atomic E-state index is -0.0670. The molecule has 2 heterocycles. The summed E-state index contributed by atoms with van der Waals surface area (Å²) in [6.07, 6.45) is 2.50. The van der Waals surface area contributed by atoms with Gasteiger partial charge < -0.3 is 10.2 Å². The van der Waals surface area contributed by atoms with E-state index in [0.717, 1.165) is 0 Å². The molecule has 25 heavy (non-hydrogen) atoms. The number of nitrogens with one attached hydrogen (secondary N) is 2. The topological polar surface area (TPSA) is 126 Å². The van der Waals surface area contributed by atoms with Crippen LogP contribution in [0.5, 0.6) is 11.5 Å². The Morgan fingerprint density at radius 1 is 0.680 bits per heavy atom. The maximum Gasteiger partial charge on any atom is 2.00 e. The van der Waals surface area contributed by atoms with E-state index in [9.17, 15) is 10.2 Å². The number of aromatic nitrogens is 4. The van der Waals surface area contributed by atoms with Gasteiger partial charge in [0.15, 0.2) is 0 Å². The van der Waals surface area contributed by atoms with Gasteiger partial charge in [0.25, 0.3) is 0 Å². The molecule has 0 aliphatic carbocycles. The summed E-state index contributed by atoms with van der Waals surface area (Å²) in [7, 11) is 0. The van der Waals surface area contributed by atoms with Gasteiger partial charge in [0.1, 0.15) is 0 Å². The molecular formula is C16H12BeN4O4+2. The fourth-order valence-electron chi connectivity index (χ4n) is 1.95. The summed E-state index contributed by atoms with van der Waals surface area (Å²) in [6.45, 7) is 0. The second-order valence-electron chi connectivity index (χ2n) is 4.60. The van der Waals surface area contributed by atoms with E-state index in [4.69, 9.17) is 0 Å². The monoisotopic (exact) mass is 333 g/mol. The summed E-state index contributed by atoms with van der Waals surface area (Å²) in [6, 6.07) is 13.3. The zero-order valence-corrected chi connectivity index (χ0v) is 13.0. The van der Waals surface area contributed by atoms with Crippen molar-refractivity contribution in [2.75, 3.05) is 0 Å². The molecule has 0 fully saturated rings. The number of hydrogen-bond donors (Lipinski definition) is 0. The van der Waals surface area contributed by atoms with Gasteiger partial charge >= 0.3 is 34.6 Å². The van der Waals surface area contributed by atoms with Crippen LogP contribution in [0.4, 0.5) is 0 Å². The predicted octanol–water partition coefficient (Wildman–Crippen LogP) is 0.0778. The zero-order valence-electron chi connectivity index (χ0n) is 13.0. The molecular weight excluding hydrogens is 321 g/mol. The second kappa shape index (κ2) is 8.37. The average molecular weight is 333 g/mol. The molecule has 0 aliphatic heterocycles. The van der Waals surface area contributed by atoms with E-state index < -0.39 is 0 Å². The maximum atomic E-state index is 11.2. The van der Waals surface area contributed by atoms with Crippen molar-refractivity contribution in [2.45, 2.75) is 0 Å². The van der Waals surface area contributed by atoms with Crippen LogP contribution in [0.15, 0.2) is 70.4 Å². The number of para-hydroxylation sites is 2. The Morgan fingerprint density at radius 3 is 1.40 bits per heavy atom. The van der Waals surface area contributed by atoms with E-state index in [1.54, 1.807) is 36.4 Å². The van der Waals surface area contributed by atoms with Crippen LogP contribution >= 0.6 is 0 Å². The Kier molecular flexibility index (Phi) is 5.97. The molecule has 0 atom stereocenters. The van der Waals surface area contributed by atoms with Crippen LogP contribution in [0, 0.1) is 0 Å². The summed E-state index contributed by atoms with van der Waals surface area (Å²) >= 11 is 0. The molecule has 9 heteroatoms. The Balaban J connectivity index is 0.000000173. The fourth-order valence-corrected chi connectivity index (χ4v) is 1.95. The van der Waals surface area contributed by atoms with Crippen molar-refractivity contribution >= 4 is 10.1 Å². The van der Waals surface area contributed by atoms with Crippen LogP contribution in [0.2, 0.25) is 0 Å². The van der Waals surface area contributed by atoms with Gasteiger partial charge in [-0.05, 0) is 22.1 Å². The van der Waals surface area contributed by atoms with Crippen molar-refractivity contribution in [1.29, 1.82) is 0 Å². The molecule has 2 N–H and O–H groups in total. The third-order valence-electron chi connectivity index (χ3n) is 3.06. The Morgan fingerprint density at radius 2 is 1.08 bits per heavy atom. The van der Waals surface area contributed by atoms with Crippen LogP contribution in [0.25, 0.3) is 22.8 Å². The normalized spacial score (nSPS) is 9.60. The van der Waals surface area contributed by atoms with Gasteiger partial charge in [-0.15, -0.1) is 0 Å². The van der Waals surface area contributed by atoms with Crippen LogP contribution in [-0.2, 0) is 0 Å². The number of H-pyrrole nitrogens is 2. The molecule has 0 radical (unpaired) electrons. The van der Waals surface area contributed by atoms with Gasteiger partial charge in [0, 0.05) is 0 Å². The molecule has 0 aliphatic rings. The van der Waals surface area contributed by atoms with Crippen LogP contribution in [0.1, 0.15) is 0 Å². The quantitative estimate of drug-likeness (QED) is 0.478. The first-order chi connectivity index (χ1) is 11.8. The van der Waals surface area contributed by atoms with Gasteiger partial charge in [-0.25, -0.2) is 0 Å². The SMILES string of the molecule is [Be+2].[O-]c1ccccc1-c1nco[nH+]1.[O-]c1ccccc1-c1nco[nH+]1. The summed E-state index contributed by atoms with van der Waals surface area (Å²) in [5.74, 6) is 0.784. The molecule has 2 aromatic heterocycles. The minimum Gasteiger partial charge on any atom is -0.872 e. The van der Waals surface area contributed by atoms with E-state index in [0.29, 0.717) is 22.8 Å². The summed E-state index contributed by atoms with van der Waals surface area (Å²) in [5.41, 5.74) is 1.04. The van der Waals surface area contributed by atoms with Crippen molar-refractivity contribution in [3.63, 3.8) is 0 Å². The molecule has 0 spiro atoms. The smallest absolute Gasteiger partial charge is 0.872 e. The molecule has 8 nitrogen and oxygen atoms in total. The number of hydrogen-bond acceptors (Lipinski definition) is 6. The summed E-state index contributed by atoms with van der Waals surface area (Å²) in [4.78, 5) is 7.65. The zero-order chi connectivity index (χ0) is 16.8. The number of rotatable bonds is 2. The molecule has 0 saturated heterocycles. The number of nitrogens with zero attached hydrogens (tertiary/aromatic N) is 2. The molecule has 120 valence electrons. The van der Waals surface area contributed by atoms with Crippen molar-refractivity contribution in [1.82, 2.24) is 9.97 Å². The molecule has 0 saturated carbocycles. The fraction of sp³-hybridized carbons (Fsp3) is 0. The minimum absolute atomic E-state index is 0. The van der Waals surface area contributed by atoms with Crippen LogP contribution in [0.3, 0.4) is 0 Å². The largest absolute Gasteiger partial charge is 2.00 e. The van der Waals surface area contributed by atoms with E-state index in [1.807, 2.05) is 0 Å². The van der Waals surface area contributed by atoms with E-state index in [1.165, 1.54) is 24.9 Å². The summed E-state index contributed by atoms with van der Waals surface area (Å²) in [5, 5.41) is 27.4. The van der Waals surface area contributed by atoms with E-state index in [-0.39, 0.29) is 21.6 Å². The van der Waals surface area contributed by atoms with Crippen LogP contribution < -0.4 is 20.5 Å². The standard InChI is InChI=1S/2C8H6N2O2.Be/c2*11-7-4-2-1-3-6(7)8-9-5-12-10-8;/h2*1-5,11H;/q;;+2. The average Bonchev–Trinajstić information content (AvgIpc) is 3.30. The van der Waals surface area contributed by atoms with Gasteiger partial charge in [-0.1, -0.05) is 58.2 Å². The molecule has 0 bridgehead atoms. The van der Waals surface area contributed by atoms with Gasteiger partial charge in [0.05, 0.1) is 11.1 Å². The predicted molar refractivity (Wildman–Crippen MR) is 81.6 cm³/mol. The third kappa shape index (κ3) is 4.27. The van der Waals surface area contributed by atoms with E-state index >= 15 is 0 Å². The molecule has 4 aromatic rings. The van der Waals surface area contributed by atoms with Crippen molar-refractivity contribution in [2.24, 2.45) is 0 Å². The molecule has 0 amide bonds. The third-order valence-corrected chi connectivity index (χ3v) is 3.06. The number of aromatic amines is 2. The maximum absolute atomic E-state index is 11.2. The second-order valence-corrected chi connectivity index (χ2v) is 4.60.